The number of fused-ring (bicyclic) bond motifs is 4. The van der Waals surface area contributed by atoms with E-state index in [4.69, 9.17) is 9.40 Å². The number of aromatic nitrogens is 3. The first kappa shape index (κ1) is 39.1. The Morgan fingerprint density at radius 2 is 1.48 bits per heavy atom. The molecular weight excluding hydrogens is 930 g/mol. The first-order chi connectivity index (χ1) is 26.5. The Hall–Kier alpha value is -5.14. The Labute approximate surface area is 344 Å². The van der Waals surface area contributed by atoms with Crippen LogP contribution in [-0.4, -0.2) is 27.8 Å². The number of furan rings is 1. The Bertz CT molecular complexity index is 2760. The van der Waals surface area contributed by atoms with E-state index >= 15 is 0 Å². The summed E-state index contributed by atoms with van der Waals surface area (Å²) in [6.07, 6.45) is 2.04. The van der Waals surface area contributed by atoms with Crippen LogP contribution in [0.3, 0.4) is 0 Å². The largest absolute Gasteiger partial charge is 0 e. The van der Waals surface area contributed by atoms with Gasteiger partial charge in [0, 0.05) is 31.2 Å². The second-order valence-corrected chi connectivity index (χ2v) is 26.6. The summed E-state index contributed by atoms with van der Waals surface area (Å²) >= 11 is -1.72. The van der Waals surface area contributed by atoms with Crippen LogP contribution in [0.2, 0.25) is 17.3 Å². The first-order valence-corrected chi connectivity index (χ1v) is 25.9. The molecule has 0 unspecified atom stereocenters. The van der Waals surface area contributed by atoms with Crippen LogP contribution in [0.5, 0.6) is 0 Å². The maximum absolute atomic E-state index is 13.7. The van der Waals surface area contributed by atoms with E-state index in [2.05, 4.69) is 102 Å². The number of para-hydroxylation sites is 2. The second-order valence-electron chi connectivity index (χ2n) is 15.9. The van der Waals surface area contributed by atoms with Crippen LogP contribution in [0, 0.1) is 17.9 Å². The van der Waals surface area contributed by atoms with Crippen molar-refractivity contribution in [2.75, 3.05) is 0 Å². The van der Waals surface area contributed by atoms with Gasteiger partial charge in [0.05, 0.1) is 22.4 Å². The molecule has 7 heteroatoms. The van der Waals surface area contributed by atoms with Crippen LogP contribution in [0.1, 0.15) is 26.3 Å². The van der Waals surface area contributed by atoms with E-state index in [0.717, 1.165) is 72.4 Å². The molecule has 9 rings (SSSR count). The molecule has 281 valence electrons. The number of imidazole rings is 1. The van der Waals surface area contributed by atoms with Crippen LogP contribution in [0.4, 0.5) is 4.39 Å². The summed E-state index contributed by atoms with van der Waals surface area (Å²) in [6, 6.07) is 52.3. The average Bonchev–Trinajstić information content (AvgIpc) is 3.77. The van der Waals surface area contributed by atoms with Crippen molar-refractivity contribution >= 4 is 50.6 Å². The first-order valence-electron chi connectivity index (χ1n) is 18.6. The molecule has 0 spiro atoms. The molecule has 0 saturated heterocycles. The van der Waals surface area contributed by atoms with Gasteiger partial charge >= 0.3 is 99.8 Å². The molecular formula is C49H42FGeIrN3O-2. The Balaban J connectivity index is 0.000000238. The topological polar surface area (TPSA) is 43.9 Å². The van der Waals surface area contributed by atoms with Gasteiger partial charge in [-0.05, 0) is 64.6 Å². The minimum Gasteiger partial charge on any atom is 0 e. The van der Waals surface area contributed by atoms with Crippen LogP contribution in [0.25, 0.3) is 72.4 Å². The molecule has 1 radical (unpaired) electrons. The van der Waals surface area contributed by atoms with Gasteiger partial charge < -0.3 is 8.98 Å². The molecule has 0 amide bonds. The summed E-state index contributed by atoms with van der Waals surface area (Å²) < 4.78 is 23.8. The fourth-order valence-electron chi connectivity index (χ4n) is 6.94. The third-order valence-corrected chi connectivity index (χ3v) is 14.3. The molecule has 6 aromatic carbocycles. The minimum absolute atomic E-state index is 0. The van der Waals surface area contributed by atoms with E-state index in [9.17, 15) is 4.39 Å². The Kier molecular flexibility index (Phi) is 11.0. The molecule has 3 heterocycles. The summed E-state index contributed by atoms with van der Waals surface area (Å²) in [5.74, 6) is 7.66. The van der Waals surface area contributed by atoms with Gasteiger partial charge in [-0.1, -0.05) is 80.3 Å². The van der Waals surface area contributed by atoms with Crippen molar-refractivity contribution in [1.29, 1.82) is 0 Å². The number of nitrogens with zero attached hydrogens (tertiary/aromatic N) is 3. The van der Waals surface area contributed by atoms with Crippen LogP contribution in [0.15, 0.2) is 150 Å². The standard InChI is InChI=1S/C35H26FN2O.C14H16GeN.Ir/c1-35(2,3)23-16-20-25(21-17-23)38-30-12-5-4-11-29(30)37-34(38)28-10-6-9-27-32-26(22-14-18-24(36)19-15-22)8-7-13-31(32)39-33(27)28;1-15(2,3)13-9-10-14(16-11-13)12-7-5-4-6-8-12;/h4-9,11-21H,1-3H3;4-7,9-11H,1-3H3;/q2*-1;. The fourth-order valence-corrected chi connectivity index (χ4v) is 9.11. The number of rotatable bonds is 5. The molecule has 0 aliphatic heterocycles. The normalized spacial score (nSPS) is 11.7. The molecule has 0 saturated carbocycles. The van der Waals surface area contributed by atoms with Gasteiger partial charge in [-0.15, -0.1) is 18.2 Å². The van der Waals surface area contributed by atoms with E-state index in [1.807, 2.05) is 79.0 Å². The molecule has 4 nitrogen and oxygen atoms in total. The van der Waals surface area contributed by atoms with Gasteiger partial charge in [0.25, 0.3) is 0 Å². The quantitative estimate of drug-likeness (QED) is 0.127. The van der Waals surface area contributed by atoms with Crippen molar-refractivity contribution in [2.24, 2.45) is 0 Å². The summed E-state index contributed by atoms with van der Waals surface area (Å²) in [5.41, 5.74) is 10.6. The molecule has 0 fully saturated rings. The number of hydrogen-bond donors (Lipinski definition) is 0. The molecule has 0 aliphatic rings. The zero-order valence-electron chi connectivity index (χ0n) is 32.3. The summed E-state index contributed by atoms with van der Waals surface area (Å²) in [6.45, 7) is 6.66. The second kappa shape index (κ2) is 15.8. The maximum atomic E-state index is 13.7. The van der Waals surface area contributed by atoms with Crippen LogP contribution >= 0.6 is 0 Å². The SMILES string of the molecule is CC(C)(C)c1ccc(-n2c(-c3[c-]ccc4c3oc3cccc(-c5ccc(F)cc5)c34)nc3ccccc32)cc1.[CH3][Ge]([CH3])([CH3])[c]1ccc(-c2[c-]cccc2)nc1.[Ir]. The zero-order chi connectivity index (χ0) is 38.3. The molecule has 0 atom stereocenters. The van der Waals surface area contributed by atoms with Crippen LogP contribution < -0.4 is 4.40 Å². The monoisotopic (exact) mass is 974 g/mol. The van der Waals surface area contributed by atoms with Gasteiger partial charge in [-0.2, -0.15) is 0 Å². The van der Waals surface area contributed by atoms with Gasteiger partial charge in [0.15, 0.2) is 0 Å². The molecule has 9 aromatic rings. The van der Waals surface area contributed by atoms with Crippen molar-refractivity contribution in [3.8, 4) is 39.5 Å². The third kappa shape index (κ3) is 7.79. The molecule has 3 aromatic heterocycles. The maximum Gasteiger partial charge on any atom is 0 e. The zero-order valence-corrected chi connectivity index (χ0v) is 36.8. The average molecular weight is 973 g/mol. The summed E-state index contributed by atoms with van der Waals surface area (Å²) in [7, 11) is 0. The molecule has 0 N–H and O–H groups in total. The van der Waals surface area contributed by atoms with Crippen molar-refractivity contribution in [2.45, 2.75) is 43.5 Å². The van der Waals surface area contributed by atoms with Crippen LogP contribution in [-0.2, 0) is 25.5 Å². The molecule has 0 bridgehead atoms. The van der Waals surface area contributed by atoms with Crippen molar-refractivity contribution in [1.82, 2.24) is 14.5 Å². The van der Waals surface area contributed by atoms with E-state index in [-0.39, 0.29) is 31.3 Å². The smallest absolute Gasteiger partial charge is 0 e. The fraction of sp³-hybridized carbons (Fsp3) is 0.143. The van der Waals surface area contributed by atoms with E-state index in [1.54, 1.807) is 12.1 Å². The number of hydrogen-bond acceptors (Lipinski definition) is 3. The predicted molar refractivity (Wildman–Crippen MR) is 228 cm³/mol. The van der Waals surface area contributed by atoms with Crippen molar-refractivity contribution in [3.05, 3.63) is 169 Å². The summed E-state index contributed by atoms with van der Waals surface area (Å²) in [5, 5.41) is 1.96. The molecule has 56 heavy (non-hydrogen) atoms. The van der Waals surface area contributed by atoms with Gasteiger partial charge in [0.1, 0.15) is 11.4 Å². The summed E-state index contributed by atoms with van der Waals surface area (Å²) in [4.78, 5) is 9.60. The van der Waals surface area contributed by atoms with E-state index < -0.39 is 13.3 Å². The van der Waals surface area contributed by atoms with E-state index in [1.165, 1.54) is 22.1 Å². The van der Waals surface area contributed by atoms with Crippen molar-refractivity contribution in [3.63, 3.8) is 0 Å². The van der Waals surface area contributed by atoms with Gasteiger partial charge in [0.2, 0.25) is 0 Å². The minimum atomic E-state index is -1.72. The third-order valence-electron chi connectivity index (χ3n) is 10.0. The Morgan fingerprint density at radius 1 is 0.732 bits per heavy atom. The predicted octanol–water partition coefficient (Wildman–Crippen LogP) is 12.6. The van der Waals surface area contributed by atoms with E-state index in [0.29, 0.717) is 0 Å². The Morgan fingerprint density at radius 3 is 2.16 bits per heavy atom. The number of halogens is 1. The number of pyridine rings is 1. The van der Waals surface area contributed by atoms with Crippen molar-refractivity contribution < 1.29 is 28.9 Å². The van der Waals surface area contributed by atoms with Gasteiger partial charge in [-0.25, -0.2) is 4.39 Å². The van der Waals surface area contributed by atoms with Gasteiger partial charge in [-0.3, -0.25) is 4.98 Å². The number of benzene rings is 6. The molecule has 0 aliphatic carbocycles.